The molecule has 1 N–H and O–H groups in total. The van der Waals surface area contributed by atoms with E-state index in [9.17, 15) is 0 Å². The first-order valence-electron chi connectivity index (χ1n) is 2.56. The molecule has 5 heteroatoms. The third-order valence-corrected chi connectivity index (χ3v) is 2.93. The molecule has 2 nitrogen and oxygen atoms in total. The lowest BCUT2D eigenvalue weighted by molar-refractivity contribution is 0.945. The molecule has 0 saturated carbocycles. The fourth-order valence-electron chi connectivity index (χ4n) is 0.557. The average molecular weight is 237 g/mol. The molecule has 0 aliphatic rings. The van der Waals surface area contributed by atoms with Crippen LogP contribution in [-0.4, -0.2) is 9.97 Å². The van der Waals surface area contributed by atoms with E-state index in [1.807, 2.05) is 6.92 Å². The van der Waals surface area contributed by atoms with Crippen molar-refractivity contribution in [1.82, 2.24) is 9.97 Å². The molecule has 0 radical (unpaired) electrons. The van der Waals surface area contributed by atoms with Gasteiger partial charge in [0.1, 0.15) is 15.5 Å². The van der Waals surface area contributed by atoms with E-state index in [-0.39, 0.29) is 0 Å². The molecule has 0 fully saturated rings. The first-order chi connectivity index (χ1) is 4.61. The van der Waals surface area contributed by atoms with Crippen LogP contribution in [0.25, 0.3) is 0 Å². The Bertz CT molecular complexity index is 307. The molecule has 10 heavy (non-hydrogen) atoms. The van der Waals surface area contributed by atoms with Crippen molar-refractivity contribution in [3.63, 3.8) is 0 Å². The van der Waals surface area contributed by atoms with Crippen LogP contribution in [0.3, 0.4) is 0 Å². The first-order valence-corrected chi connectivity index (χ1v) is 4.21. The van der Waals surface area contributed by atoms with Gasteiger partial charge in [0.25, 0.3) is 0 Å². The third kappa shape index (κ3) is 1.59. The van der Waals surface area contributed by atoms with Gasteiger partial charge in [0, 0.05) is 0 Å². The Labute approximate surface area is 77.6 Å². The molecule has 0 atom stereocenters. The van der Waals surface area contributed by atoms with Gasteiger partial charge in [-0.25, -0.2) is 4.98 Å². The maximum atomic E-state index is 4.94. The molecule has 1 aromatic heterocycles. The molecule has 0 amide bonds. The summed E-state index contributed by atoms with van der Waals surface area (Å²) in [5.74, 6) is 0.776. The SMILES string of the molecule is Cc1nc(S)c(Br)c(=S)[nH]1. The second kappa shape index (κ2) is 3.02. The van der Waals surface area contributed by atoms with Crippen LogP contribution in [-0.2, 0) is 0 Å². The van der Waals surface area contributed by atoms with Crippen LogP contribution in [0.15, 0.2) is 9.50 Å². The maximum absolute atomic E-state index is 4.94. The minimum Gasteiger partial charge on any atom is -0.334 e. The number of halogens is 1. The Hall–Kier alpha value is 0.130. The smallest absolute Gasteiger partial charge is 0.121 e. The van der Waals surface area contributed by atoms with Gasteiger partial charge in [0.2, 0.25) is 0 Å². The predicted octanol–water partition coefficient (Wildman–Crippen LogP) is 2.50. The Morgan fingerprint density at radius 2 is 2.30 bits per heavy atom. The van der Waals surface area contributed by atoms with Crippen LogP contribution in [0.1, 0.15) is 5.82 Å². The van der Waals surface area contributed by atoms with Crippen LogP contribution in [0.4, 0.5) is 0 Å². The van der Waals surface area contributed by atoms with E-state index in [1.54, 1.807) is 0 Å². The van der Waals surface area contributed by atoms with Crippen molar-refractivity contribution < 1.29 is 0 Å². The molecule has 1 heterocycles. The zero-order valence-electron chi connectivity index (χ0n) is 5.18. The number of aromatic amines is 1. The lowest BCUT2D eigenvalue weighted by atomic mass is 10.6. The standard InChI is InChI=1S/C5H5BrN2S2/c1-2-7-4(9)3(6)5(10)8-2/h1H3,(H2,7,8,9,10). The van der Waals surface area contributed by atoms with Crippen molar-refractivity contribution in [3.8, 4) is 0 Å². The van der Waals surface area contributed by atoms with E-state index >= 15 is 0 Å². The summed E-state index contributed by atoms with van der Waals surface area (Å²) < 4.78 is 1.38. The Morgan fingerprint density at radius 3 is 2.80 bits per heavy atom. The number of nitrogens with one attached hydrogen (secondary N) is 1. The van der Waals surface area contributed by atoms with Crippen LogP contribution in [0, 0.1) is 11.6 Å². The number of rotatable bonds is 0. The lowest BCUT2D eigenvalue weighted by Crippen LogP contribution is -1.89. The number of thiol groups is 1. The number of nitrogens with zero attached hydrogens (tertiary/aromatic N) is 1. The topological polar surface area (TPSA) is 28.7 Å². The summed E-state index contributed by atoms with van der Waals surface area (Å²) in [6, 6.07) is 0. The highest BCUT2D eigenvalue weighted by Crippen LogP contribution is 2.17. The van der Waals surface area contributed by atoms with Gasteiger partial charge < -0.3 is 4.98 Å². The number of H-pyrrole nitrogens is 1. The van der Waals surface area contributed by atoms with Gasteiger partial charge in [-0.05, 0) is 22.9 Å². The number of hydrogen-bond acceptors (Lipinski definition) is 3. The van der Waals surface area contributed by atoms with E-state index in [4.69, 9.17) is 12.2 Å². The van der Waals surface area contributed by atoms with Crippen molar-refractivity contribution in [2.45, 2.75) is 11.9 Å². The van der Waals surface area contributed by atoms with Crippen LogP contribution in [0.5, 0.6) is 0 Å². The van der Waals surface area contributed by atoms with E-state index in [0.29, 0.717) is 9.67 Å². The molecule has 1 rings (SSSR count). The fourth-order valence-corrected chi connectivity index (χ4v) is 1.33. The van der Waals surface area contributed by atoms with Gasteiger partial charge in [-0.15, -0.1) is 12.6 Å². The number of aryl methyl sites for hydroxylation is 1. The van der Waals surface area contributed by atoms with Crippen molar-refractivity contribution in [2.75, 3.05) is 0 Å². The van der Waals surface area contributed by atoms with Gasteiger partial charge in [-0.3, -0.25) is 0 Å². The summed E-state index contributed by atoms with van der Waals surface area (Å²) in [7, 11) is 0. The quantitative estimate of drug-likeness (QED) is 0.412. The summed E-state index contributed by atoms with van der Waals surface area (Å²) in [4.78, 5) is 6.92. The van der Waals surface area contributed by atoms with Gasteiger partial charge in [-0.1, -0.05) is 12.2 Å². The minimum atomic E-state index is 0.626. The summed E-state index contributed by atoms with van der Waals surface area (Å²) in [5.41, 5.74) is 0. The van der Waals surface area contributed by atoms with E-state index in [2.05, 4.69) is 38.5 Å². The van der Waals surface area contributed by atoms with E-state index in [0.717, 1.165) is 10.3 Å². The molecular formula is C5H5BrN2S2. The highest BCUT2D eigenvalue weighted by molar-refractivity contribution is 9.10. The van der Waals surface area contributed by atoms with Crippen molar-refractivity contribution in [3.05, 3.63) is 14.9 Å². The highest BCUT2D eigenvalue weighted by Gasteiger charge is 1.98. The van der Waals surface area contributed by atoms with Gasteiger partial charge in [-0.2, -0.15) is 0 Å². The molecule has 0 spiro atoms. The Morgan fingerprint density at radius 1 is 1.70 bits per heavy atom. The summed E-state index contributed by atoms with van der Waals surface area (Å²) in [5, 5.41) is 0.626. The Kier molecular flexibility index (Phi) is 2.49. The third-order valence-electron chi connectivity index (χ3n) is 0.964. The largest absolute Gasteiger partial charge is 0.334 e. The van der Waals surface area contributed by atoms with Crippen molar-refractivity contribution in [1.29, 1.82) is 0 Å². The molecule has 0 aromatic carbocycles. The molecule has 0 saturated heterocycles. The minimum absolute atomic E-state index is 0.626. The molecule has 0 bridgehead atoms. The molecule has 0 unspecified atom stereocenters. The Balaban J connectivity index is 3.46. The average Bonchev–Trinajstić information content (AvgIpc) is 1.82. The van der Waals surface area contributed by atoms with Crippen molar-refractivity contribution >= 4 is 40.8 Å². The van der Waals surface area contributed by atoms with E-state index in [1.165, 1.54) is 0 Å². The molecule has 54 valence electrons. The zero-order chi connectivity index (χ0) is 7.72. The summed E-state index contributed by atoms with van der Waals surface area (Å²) >= 11 is 12.3. The normalized spacial score (nSPS) is 9.90. The fraction of sp³-hybridized carbons (Fsp3) is 0.200. The van der Waals surface area contributed by atoms with Gasteiger partial charge in [0.15, 0.2) is 0 Å². The van der Waals surface area contributed by atoms with Crippen LogP contribution < -0.4 is 0 Å². The molecule has 1 aromatic rings. The highest BCUT2D eigenvalue weighted by atomic mass is 79.9. The maximum Gasteiger partial charge on any atom is 0.121 e. The van der Waals surface area contributed by atoms with E-state index < -0.39 is 0 Å². The number of aromatic nitrogens is 2. The second-order valence-corrected chi connectivity index (χ2v) is 3.41. The molecule has 0 aliphatic carbocycles. The lowest BCUT2D eigenvalue weighted by Gasteiger charge is -1.97. The number of hydrogen-bond donors (Lipinski definition) is 2. The predicted molar refractivity (Wildman–Crippen MR) is 49.1 cm³/mol. The van der Waals surface area contributed by atoms with Crippen LogP contribution >= 0.6 is 40.8 Å². The monoisotopic (exact) mass is 236 g/mol. The summed E-state index contributed by atoms with van der Waals surface area (Å²) in [6.07, 6.45) is 0. The zero-order valence-corrected chi connectivity index (χ0v) is 8.48. The summed E-state index contributed by atoms with van der Waals surface area (Å²) in [6.45, 7) is 1.84. The molecule has 0 aliphatic heterocycles. The van der Waals surface area contributed by atoms with Crippen LogP contribution in [0.2, 0.25) is 0 Å². The molecular weight excluding hydrogens is 232 g/mol. The van der Waals surface area contributed by atoms with Gasteiger partial charge >= 0.3 is 0 Å². The van der Waals surface area contributed by atoms with Gasteiger partial charge in [0.05, 0.1) is 4.47 Å². The van der Waals surface area contributed by atoms with Crippen molar-refractivity contribution in [2.24, 2.45) is 0 Å². The first kappa shape index (κ1) is 8.23. The second-order valence-electron chi connectivity index (χ2n) is 1.79.